The van der Waals surface area contributed by atoms with Crippen molar-refractivity contribution in [3.8, 4) is 44.8 Å². The highest BCUT2D eigenvalue weighted by molar-refractivity contribution is 5.79. The zero-order valence-corrected chi connectivity index (χ0v) is 19.0. The Labute approximate surface area is 199 Å². The standard InChI is InChI=1S/C30H26N4/c1-33-28-10-4-7-24(17-28)30-19-25(18-29(34-30)23-6-3-9-27(32)16-23)21-13-11-20(12-14-21)22-5-2-8-26(31)15-22/h2-19,33H,31-32H2,1H3. The molecule has 4 heteroatoms. The van der Waals surface area contributed by atoms with Gasteiger partial charge in [0, 0.05) is 35.2 Å². The molecule has 5 N–H and O–H groups in total. The average Bonchev–Trinajstić information content (AvgIpc) is 2.88. The predicted octanol–water partition coefficient (Wildman–Crippen LogP) is 6.96. The molecule has 0 unspecified atom stereocenters. The summed E-state index contributed by atoms with van der Waals surface area (Å²) < 4.78 is 0. The summed E-state index contributed by atoms with van der Waals surface area (Å²) in [6, 6.07) is 36.9. The molecule has 4 nitrogen and oxygen atoms in total. The van der Waals surface area contributed by atoms with Crippen molar-refractivity contribution in [3.63, 3.8) is 0 Å². The van der Waals surface area contributed by atoms with Gasteiger partial charge in [0.2, 0.25) is 0 Å². The maximum absolute atomic E-state index is 6.07. The van der Waals surface area contributed by atoms with Crippen LogP contribution in [0.15, 0.2) is 109 Å². The van der Waals surface area contributed by atoms with Gasteiger partial charge in [-0.1, -0.05) is 60.7 Å². The molecule has 0 atom stereocenters. The number of nitrogen functional groups attached to an aromatic ring is 2. The van der Waals surface area contributed by atoms with Crippen LogP contribution in [-0.2, 0) is 0 Å². The number of hydrogen-bond donors (Lipinski definition) is 3. The predicted molar refractivity (Wildman–Crippen MR) is 144 cm³/mol. The van der Waals surface area contributed by atoms with Gasteiger partial charge in [0.05, 0.1) is 11.4 Å². The normalized spacial score (nSPS) is 10.7. The van der Waals surface area contributed by atoms with E-state index in [9.17, 15) is 0 Å². The van der Waals surface area contributed by atoms with Gasteiger partial charge in [-0.25, -0.2) is 4.98 Å². The number of nitrogens with zero attached hydrogens (tertiary/aromatic N) is 1. The van der Waals surface area contributed by atoms with E-state index in [0.29, 0.717) is 0 Å². The van der Waals surface area contributed by atoms with E-state index in [4.69, 9.17) is 16.5 Å². The molecule has 0 spiro atoms. The molecule has 0 bridgehead atoms. The minimum Gasteiger partial charge on any atom is -0.399 e. The first-order valence-corrected chi connectivity index (χ1v) is 11.2. The van der Waals surface area contributed by atoms with E-state index in [1.807, 2.05) is 61.6 Å². The molecular weight excluding hydrogens is 416 g/mol. The number of anilines is 3. The van der Waals surface area contributed by atoms with Crippen LogP contribution in [0.2, 0.25) is 0 Å². The molecule has 0 saturated heterocycles. The smallest absolute Gasteiger partial charge is 0.0716 e. The summed E-state index contributed by atoms with van der Waals surface area (Å²) in [6.45, 7) is 0. The highest BCUT2D eigenvalue weighted by Crippen LogP contribution is 2.33. The number of hydrogen-bond acceptors (Lipinski definition) is 4. The fourth-order valence-electron chi connectivity index (χ4n) is 4.10. The first kappa shape index (κ1) is 21.3. The van der Waals surface area contributed by atoms with Crippen LogP contribution in [0, 0.1) is 0 Å². The van der Waals surface area contributed by atoms with Gasteiger partial charge in [0.15, 0.2) is 0 Å². The largest absolute Gasteiger partial charge is 0.399 e. The van der Waals surface area contributed by atoms with Crippen LogP contribution in [0.5, 0.6) is 0 Å². The lowest BCUT2D eigenvalue weighted by molar-refractivity contribution is 1.32. The highest BCUT2D eigenvalue weighted by Gasteiger charge is 2.10. The number of benzene rings is 4. The quantitative estimate of drug-likeness (QED) is 0.257. The second-order valence-electron chi connectivity index (χ2n) is 8.29. The molecule has 0 saturated carbocycles. The van der Waals surface area contributed by atoms with E-state index in [1.54, 1.807) is 0 Å². The van der Waals surface area contributed by atoms with Gasteiger partial charge in [0.25, 0.3) is 0 Å². The van der Waals surface area contributed by atoms with E-state index < -0.39 is 0 Å². The summed E-state index contributed by atoms with van der Waals surface area (Å²) in [6.07, 6.45) is 0. The molecule has 1 aromatic heterocycles. The number of nitrogens with one attached hydrogen (secondary N) is 1. The molecule has 5 rings (SSSR count). The molecule has 166 valence electrons. The topological polar surface area (TPSA) is 77.0 Å². The Hall–Kier alpha value is -4.57. The van der Waals surface area contributed by atoms with E-state index in [2.05, 4.69) is 59.9 Å². The zero-order valence-electron chi connectivity index (χ0n) is 19.0. The van der Waals surface area contributed by atoms with Crippen molar-refractivity contribution in [2.24, 2.45) is 0 Å². The van der Waals surface area contributed by atoms with E-state index in [1.165, 1.54) is 0 Å². The van der Waals surface area contributed by atoms with Crippen LogP contribution in [-0.4, -0.2) is 12.0 Å². The van der Waals surface area contributed by atoms with Gasteiger partial charge in [-0.15, -0.1) is 0 Å². The van der Waals surface area contributed by atoms with Crippen LogP contribution in [0.25, 0.3) is 44.8 Å². The van der Waals surface area contributed by atoms with E-state index >= 15 is 0 Å². The second-order valence-corrected chi connectivity index (χ2v) is 8.29. The van der Waals surface area contributed by atoms with Gasteiger partial charge >= 0.3 is 0 Å². The van der Waals surface area contributed by atoms with Crippen molar-refractivity contribution in [1.29, 1.82) is 0 Å². The van der Waals surface area contributed by atoms with Crippen LogP contribution in [0.4, 0.5) is 17.1 Å². The van der Waals surface area contributed by atoms with Crippen LogP contribution in [0.3, 0.4) is 0 Å². The van der Waals surface area contributed by atoms with Crippen molar-refractivity contribution in [1.82, 2.24) is 4.98 Å². The van der Waals surface area contributed by atoms with Gasteiger partial charge in [-0.2, -0.15) is 0 Å². The molecule has 1 heterocycles. The van der Waals surface area contributed by atoms with Crippen molar-refractivity contribution >= 4 is 17.1 Å². The summed E-state index contributed by atoms with van der Waals surface area (Å²) in [5.41, 5.74) is 22.8. The number of rotatable bonds is 5. The molecule has 0 radical (unpaired) electrons. The van der Waals surface area contributed by atoms with Crippen LogP contribution >= 0.6 is 0 Å². The second kappa shape index (κ2) is 9.12. The first-order valence-electron chi connectivity index (χ1n) is 11.2. The van der Waals surface area contributed by atoms with Gasteiger partial charge in [0.1, 0.15) is 0 Å². The minimum absolute atomic E-state index is 0.718. The van der Waals surface area contributed by atoms with E-state index in [-0.39, 0.29) is 0 Å². The molecule has 0 amide bonds. The van der Waals surface area contributed by atoms with Crippen molar-refractivity contribution in [2.75, 3.05) is 23.8 Å². The van der Waals surface area contributed by atoms with Crippen LogP contribution in [0.1, 0.15) is 0 Å². The van der Waals surface area contributed by atoms with E-state index in [0.717, 1.165) is 61.8 Å². The molecule has 0 aliphatic carbocycles. The lowest BCUT2D eigenvalue weighted by Crippen LogP contribution is -1.94. The van der Waals surface area contributed by atoms with Crippen LogP contribution < -0.4 is 16.8 Å². The molecule has 4 aromatic carbocycles. The lowest BCUT2D eigenvalue weighted by atomic mass is 9.97. The van der Waals surface area contributed by atoms with Gasteiger partial charge in [-0.05, 0) is 70.8 Å². The maximum atomic E-state index is 6.07. The fourth-order valence-corrected chi connectivity index (χ4v) is 4.10. The lowest BCUT2D eigenvalue weighted by Gasteiger charge is -2.12. The van der Waals surface area contributed by atoms with Gasteiger partial charge in [-0.3, -0.25) is 0 Å². The Bertz CT molecular complexity index is 1460. The summed E-state index contributed by atoms with van der Waals surface area (Å²) in [5, 5.41) is 3.21. The Kier molecular flexibility index (Phi) is 5.71. The SMILES string of the molecule is CNc1cccc(-c2cc(-c3ccc(-c4cccc(N)c4)cc3)cc(-c3cccc(N)c3)n2)c1. The average molecular weight is 443 g/mol. The molecule has 34 heavy (non-hydrogen) atoms. The summed E-state index contributed by atoms with van der Waals surface area (Å²) in [5.74, 6) is 0. The van der Waals surface area contributed by atoms with Crippen molar-refractivity contribution < 1.29 is 0 Å². The van der Waals surface area contributed by atoms with Crippen molar-refractivity contribution in [2.45, 2.75) is 0 Å². The Morgan fingerprint density at radius 3 is 1.59 bits per heavy atom. The van der Waals surface area contributed by atoms with Crippen molar-refractivity contribution in [3.05, 3.63) is 109 Å². The number of pyridine rings is 1. The number of nitrogens with two attached hydrogens (primary N) is 2. The molecule has 0 fully saturated rings. The molecule has 0 aliphatic heterocycles. The fraction of sp³-hybridized carbons (Fsp3) is 0.0333. The summed E-state index contributed by atoms with van der Waals surface area (Å²) in [4.78, 5) is 4.99. The zero-order chi connectivity index (χ0) is 23.5. The highest BCUT2D eigenvalue weighted by atomic mass is 14.8. The Morgan fingerprint density at radius 2 is 1.00 bits per heavy atom. The summed E-state index contributed by atoms with van der Waals surface area (Å²) >= 11 is 0. The Balaban J connectivity index is 1.61. The molecule has 5 aromatic rings. The molecular formula is C30H26N4. The first-order chi connectivity index (χ1) is 16.6. The minimum atomic E-state index is 0.718. The Morgan fingerprint density at radius 1 is 0.500 bits per heavy atom. The molecule has 0 aliphatic rings. The van der Waals surface area contributed by atoms with Gasteiger partial charge < -0.3 is 16.8 Å². The third-order valence-corrected chi connectivity index (χ3v) is 5.89. The number of aromatic nitrogens is 1. The third-order valence-electron chi connectivity index (χ3n) is 5.89. The monoisotopic (exact) mass is 442 g/mol. The summed E-state index contributed by atoms with van der Waals surface area (Å²) in [7, 11) is 1.92. The third kappa shape index (κ3) is 4.48. The maximum Gasteiger partial charge on any atom is 0.0716 e.